The third-order valence-electron chi connectivity index (χ3n) is 2.87. The van der Waals surface area contributed by atoms with E-state index in [4.69, 9.17) is 5.73 Å². The molecule has 0 aliphatic heterocycles. The highest BCUT2D eigenvalue weighted by molar-refractivity contribution is 7.19. The Hall–Kier alpha value is -1.07. The molecule has 1 atom stereocenters. The molecule has 0 aromatic carbocycles. The average molecular weight is 251 g/mol. The summed E-state index contributed by atoms with van der Waals surface area (Å²) in [6.07, 6.45) is 5.38. The highest BCUT2D eigenvalue weighted by Gasteiger charge is 2.21. The molecule has 84 valence electrons. The lowest BCUT2D eigenvalue weighted by Crippen LogP contribution is -2.15. The zero-order valence-electron chi connectivity index (χ0n) is 8.77. The van der Waals surface area contributed by atoms with Gasteiger partial charge in [0.05, 0.1) is 12.2 Å². The molecule has 0 fully saturated rings. The number of anilines is 2. The van der Waals surface area contributed by atoms with Gasteiger partial charge >= 0.3 is 0 Å². The number of nitrogens with two attached hydrogens (primary N) is 1. The summed E-state index contributed by atoms with van der Waals surface area (Å²) >= 11 is 3.38. The minimum Gasteiger partial charge on any atom is -0.389 e. The maximum atomic E-state index is 5.68. The molecule has 0 spiro atoms. The Morgan fingerprint density at radius 3 is 3.25 bits per heavy atom. The number of hydrogen-bond donors (Lipinski definition) is 2. The molecule has 3 N–H and O–H groups in total. The Morgan fingerprint density at radius 1 is 1.50 bits per heavy atom. The molecule has 16 heavy (non-hydrogen) atoms. The van der Waals surface area contributed by atoms with Crippen LogP contribution in [-0.2, 0) is 6.42 Å². The first kappa shape index (κ1) is 10.1. The van der Waals surface area contributed by atoms with Crippen molar-refractivity contribution in [3.8, 4) is 0 Å². The van der Waals surface area contributed by atoms with Gasteiger partial charge in [0, 0.05) is 4.88 Å². The lowest BCUT2D eigenvalue weighted by molar-refractivity contribution is 0.608. The Kier molecular flexibility index (Phi) is 2.57. The molecule has 0 amide bonds. The summed E-state index contributed by atoms with van der Waals surface area (Å²) in [4.78, 5) is 5.77. The number of thiazole rings is 1. The lowest BCUT2D eigenvalue weighted by atomic mass is 9.94. The second-order valence-corrected chi connectivity index (χ2v) is 6.02. The van der Waals surface area contributed by atoms with Crippen LogP contribution in [0.3, 0.4) is 0 Å². The van der Waals surface area contributed by atoms with E-state index in [0.717, 1.165) is 10.1 Å². The van der Waals surface area contributed by atoms with Crippen LogP contribution in [0.5, 0.6) is 0 Å². The van der Waals surface area contributed by atoms with Crippen molar-refractivity contribution >= 4 is 32.8 Å². The SMILES string of the molecule is Nc1cnc(NC2CCCc3sccc32)s1. The summed E-state index contributed by atoms with van der Waals surface area (Å²) in [5, 5.41) is 7.36. The fourth-order valence-corrected chi connectivity index (χ4v) is 3.76. The number of aromatic nitrogens is 1. The summed E-state index contributed by atoms with van der Waals surface area (Å²) in [5.41, 5.74) is 7.13. The van der Waals surface area contributed by atoms with Gasteiger partial charge in [-0.1, -0.05) is 11.3 Å². The van der Waals surface area contributed by atoms with Gasteiger partial charge in [-0.2, -0.15) is 0 Å². The molecule has 3 rings (SSSR count). The molecule has 1 aliphatic rings. The van der Waals surface area contributed by atoms with E-state index in [1.54, 1.807) is 6.20 Å². The number of nitrogens with one attached hydrogen (secondary N) is 1. The number of fused-ring (bicyclic) bond motifs is 1. The molecule has 2 heterocycles. The summed E-state index contributed by atoms with van der Waals surface area (Å²) in [6, 6.07) is 2.65. The number of nitrogen functional groups attached to an aromatic ring is 1. The van der Waals surface area contributed by atoms with E-state index >= 15 is 0 Å². The zero-order chi connectivity index (χ0) is 11.0. The predicted octanol–water partition coefficient (Wildman–Crippen LogP) is 3.28. The minimum atomic E-state index is 0.417. The summed E-state index contributed by atoms with van der Waals surface area (Å²) in [7, 11) is 0. The average Bonchev–Trinajstić information content (AvgIpc) is 2.87. The van der Waals surface area contributed by atoms with Gasteiger partial charge in [-0.25, -0.2) is 4.98 Å². The second-order valence-electron chi connectivity index (χ2n) is 3.96. The van der Waals surface area contributed by atoms with Crippen LogP contribution in [0.4, 0.5) is 10.1 Å². The van der Waals surface area contributed by atoms with Crippen molar-refractivity contribution in [3.63, 3.8) is 0 Å². The number of rotatable bonds is 2. The number of nitrogens with zero attached hydrogens (tertiary/aromatic N) is 1. The van der Waals surface area contributed by atoms with Crippen molar-refractivity contribution in [2.75, 3.05) is 11.1 Å². The quantitative estimate of drug-likeness (QED) is 0.861. The second kappa shape index (κ2) is 4.07. The summed E-state index contributed by atoms with van der Waals surface area (Å²) < 4.78 is 0. The van der Waals surface area contributed by atoms with Gasteiger partial charge in [0.1, 0.15) is 5.00 Å². The molecule has 5 heteroatoms. The topological polar surface area (TPSA) is 50.9 Å². The van der Waals surface area contributed by atoms with E-state index in [0.29, 0.717) is 6.04 Å². The van der Waals surface area contributed by atoms with E-state index in [-0.39, 0.29) is 0 Å². The van der Waals surface area contributed by atoms with Crippen molar-refractivity contribution in [2.45, 2.75) is 25.3 Å². The molecule has 0 bridgehead atoms. The van der Waals surface area contributed by atoms with Crippen molar-refractivity contribution in [1.82, 2.24) is 4.98 Å². The standard InChI is InChI=1S/C11H13N3S2/c12-10-6-13-11(16-10)14-8-2-1-3-9-7(8)4-5-15-9/h4-6,8H,1-3,12H2,(H,13,14). The number of aryl methyl sites for hydroxylation is 1. The van der Waals surface area contributed by atoms with Gasteiger partial charge in [-0.05, 0) is 36.3 Å². The number of hydrogen-bond acceptors (Lipinski definition) is 5. The number of thiophene rings is 1. The minimum absolute atomic E-state index is 0.417. The molecule has 1 aliphatic carbocycles. The van der Waals surface area contributed by atoms with Crippen molar-refractivity contribution in [1.29, 1.82) is 0 Å². The van der Waals surface area contributed by atoms with Gasteiger partial charge in [0.15, 0.2) is 5.13 Å². The van der Waals surface area contributed by atoms with Crippen molar-refractivity contribution in [2.24, 2.45) is 0 Å². The Morgan fingerprint density at radius 2 is 2.44 bits per heavy atom. The van der Waals surface area contributed by atoms with Crippen LogP contribution in [0.2, 0.25) is 0 Å². The van der Waals surface area contributed by atoms with E-state index < -0.39 is 0 Å². The fraction of sp³-hybridized carbons (Fsp3) is 0.364. The monoisotopic (exact) mass is 251 g/mol. The van der Waals surface area contributed by atoms with Gasteiger partial charge < -0.3 is 11.1 Å². The maximum Gasteiger partial charge on any atom is 0.185 e. The Bertz CT molecular complexity index is 489. The first-order chi connectivity index (χ1) is 7.83. The van der Waals surface area contributed by atoms with Crippen LogP contribution in [0.1, 0.15) is 29.3 Å². The van der Waals surface area contributed by atoms with Gasteiger partial charge in [0.25, 0.3) is 0 Å². The first-order valence-corrected chi connectivity index (χ1v) is 7.06. The first-order valence-electron chi connectivity index (χ1n) is 5.37. The summed E-state index contributed by atoms with van der Waals surface area (Å²) in [5.74, 6) is 0. The fourth-order valence-electron chi connectivity index (χ4n) is 2.14. The smallest absolute Gasteiger partial charge is 0.185 e. The van der Waals surface area contributed by atoms with E-state index in [1.165, 1.54) is 41.0 Å². The van der Waals surface area contributed by atoms with Crippen LogP contribution in [0, 0.1) is 0 Å². The van der Waals surface area contributed by atoms with Crippen molar-refractivity contribution in [3.05, 3.63) is 28.1 Å². The third-order valence-corrected chi connectivity index (χ3v) is 4.63. The molecular weight excluding hydrogens is 238 g/mol. The lowest BCUT2D eigenvalue weighted by Gasteiger charge is -2.23. The predicted molar refractivity (Wildman–Crippen MR) is 70.1 cm³/mol. The van der Waals surface area contributed by atoms with Crippen LogP contribution in [0.15, 0.2) is 17.6 Å². The third kappa shape index (κ3) is 1.81. The van der Waals surface area contributed by atoms with Gasteiger partial charge in [-0.3, -0.25) is 0 Å². The van der Waals surface area contributed by atoms with Gasteiger partial charge in [-0.15, -0.1) is 11.3 Å². The van der Waals surface area contributed by atoms with E-state index in [9.17, 15) is 0 Å². The molecule has 3 nitrogen and oxygen atoms in total. The highest BCUT2D eigenvalue weighted by Crippen LogP contribution is 2.36. The largest absolute Gasteiger partial charge is 0.389 e. The van der Waals surface area contributed by atoms with Crippen LogP contribution in [-0.4, -0.2) is 4.98 Å². The Labute approximate surface area is 102 Å². The molecule has 0 saturated heterocycles. The van der Waals surface area contributed by atoms with Crippen LogP contribution in [0.25, 0.3) is 0 Å². The summed E-state index contributed by atoms with van der Waals surface area (Å²) in [6.45, 7) is 0. The van der Waals surface area contributed by atoms with Crippen LogP contribution >= 0.6 is 22.7 Å². The highest BCUT2D eigenvalue weighted by atomic mass is 32.1. The van der Waals surface area contributed by atoms with Crippen molar-refractivity contribution < 1.29 is 0 Å². The van der Waals surface area contributed by atoms with Gasteiger partial charge in [0.2, 0.25) is 0 Å². The van der Waals surface area contributed by atoms with E-state index in [2.05, 4.69) is 21.7 Å². The zero-order valence-corrected chi connectivity index (χ0v) is 10.4. The van der Waals surface area contributed by atoms with E-state index in [1.807, 2.05) is 11.3 Å². The molecule has 1 unspecified atom stereocenters. The molecule has 0 saturated carbocycles. The molecule has 0 radical (unpaired) electrons. The maximum absolute atomic E-state index is 5.68. The normalized spacial score (nSPS) is 19.4. The molecule has 2 aromatic rings. The molecular formula is C11H13N3S2. The van der Waals surface area contributed by atoms with Crippen LogP contribution < -0.4 is 11.1 Å². The Balaban J connectivity index is 1.82. The molecule has 2 aromatic heterocycles.